The van der Waals surface area contributed by atoms with Crippen LogP contribution < -0.4 is 4.74 Å². The lowest BCUT2D eigenvalue weighted by Gasteiger charge is -2.30. The highest BCUT2D eigenvalue weighted by Gasteiger charge is 2.17. The molecular formula is C25H43N2O3+. The number of benzene rings is 1. The van der Waals surface area contributed by atoms with Crippen molar-refractivity contribution in [2.24, 2.45) is 0 Å². The van der Waals surface area contributed by atoms with Crippen LogP contribution in [-0.2, 0) is 6.54 Å². The maximum Gasteiger partial charge on any atom is 0.243 e. The lowest BCUT2D eigenvalue weighted by molar-refractivity contribution is -0.903. The monoisotopic (exact) mass is 419 g/mol. The van der Waals surface area contributed by atoms with Gasteiger partial charge in [0.05, 0.1) is 32.7 Å². The highest BCUT2D eigenvalue weighted by molar-refractivity contribution is 5.59. The Morgan fingerprint density at radius 3 is 2.13 bits per heavy atom. The number of rotatable bonds is 16. The van der Waals surface area contributed by atoms with Gasteiger partial charge in [0.15, 0.2) is 0 Å². The third-order valence-corrected chi connectivity index (χ3v) is 5.67. The predicted octanol–water partition coefficient (Wildman–Crippen LogP) is 6.83. The molecule has 0 aromatic heterocycles. The second-order valence-electron chi connectivity index (χ2n) is 9.12. The molecule has 5 heteroatoms. The van der Waals surface area contributed by atoms with Crippen LogP contribution in [0.5, 0.6) is 5.75 Å². The topological polar surface area (TPSA) is 52.4 Å². The molecule has 0 N–H and O–H groups in total. The van der Waals surface area contributed by atoms with Crippen LogP contribution in [-0.4, -0.2) is 37.2 Å². The Morgan fingerprint density at radius 2 is 1.60 bits per heavy atom. The summed E-state index contributed by atoms with van der Waals surface area (Å²) in [7, 11) is 6.12. The van der Waals surface area contributed by atoms with E-state index in [0.717, 1.165) is 23.1 Å². The summed E-state index contributed by atoms with van der Waals surface area (Å²) in [5.74, 6) is 0.667. The number of hydrogen-bond acceptors (Lipinski definition) is 3. The van der Waals surface area contributed by atoms with E-state index in [1.54, 1.807) is 13.2 Å². The summed E-state index contributed by atoms with van der Waals surface area (Å²) in [6, 6.07) is 6.00. The van der Waals surface area contributed by atoms with Gasteiger partial charge in [-0.05, 0) is 31.0 Å². The van der Waals surface area contributed by atoms with E-state index in [0.29, 0.717) is 5.75 Å². The van der Waals surface area contributed by atoms with Crippen LogP contribution in [0.3, 0.4) is 0 Å². The van der Waals surface area contributed by atoms with E-state index in [2.05, 4.69) is 27.1 Å². The Hall–Kier alpha value is -1.88. The first kappa shape index (κ1) is 26.2. The third kappa shape index (κ3) is 10.8. The van der Waals surface area contributed by atoms with Crippen LogP contribution in [0.2, 0.25) is 0 Å². The Morgan fingerprint density at radius 1 is 1.03 bits per heavy atom. The second kappa shape index (κ2) is 14.2. The van der Waals surface area contributed by atoms with E-state index in [4.69, 9.17) is 4.74 Å². The molecular weight excluding hydrogens is 376 g/mol. The van der Waals surface area contributed by atoms with Gasteiger partial charge in [-0.25, -0.2) is 0 Å². The van der Waals surface area contributed by atoms with Crippen LogP contribution in [0, 0.1) is 10.1 Å². The van der Waals surface area contributed by atoms with Crippen LogP contribution >= 0.6 is 0 Å². The van der Waals surface area contributed by atoms with E-state index in [1.807, 2.05) is 12.1 Å². The molecule has 170 valence electrons. The number of allylic oxidation sites excluding steroid dienone is 1. The van der Waals surface area contributed by atoms with E-state index in [9.17, 15) is 10.1 Å². The second-order valence-corrected chi connectivity index (χ2v) is 9.12. The predicted molar refractivity (Wildman–Crippen MR) is 126 cm³/mol. The summed E-state index contributed by atoms with van der Waals surface area (Å²) in [5, 5.41) is 11.0. The quantitative estimate of drug-likeness (QED) is 0.128. The van der Waals surface area contributed by atoms with Crippen molar-refractivity contribution in [3.05, 3.63) is 45.1 Å². The molecule has 0 fully saturated rings. The van der Waals surface area contributed by atoms with Crippen LogP contribution in [0.1, 0.15) is 89.2 Å². The van der Waals surface area contributed by atoms with E-state index < -0.39 is 0 Å². The molecule has 0 aliphatic carbocycles. The molecule has 0 saturated carbocycles. The number of nitrogens with zero attached hydrogens (tertiary/aromatic N) is 2. The van der Waals surface area contributed by atoms with Gasteiger partial charge >= 0.3 is 0 Å². The largest absolute Gasteiger partial charge is 0.496 e. The molecule has 1 rings (SSSR count). The minimum absolute atomic E-state index is 0.115. The van der Waals surface area contributed by atoms with Crippen LogP contribution in [0.4, 0.5) is 0 Å². The van der Waals surface area contributed by atoms with Crippen molar-refractivity contribution in [2.75, 3.05) is 27.7 Å². The van der Waals surface area contributed by atoms with Crippen molar-refractivity contribution in [3.8, 4) is 5.75 Å². The SMILES string of the molecule is CCCCCCCCCCCC[N+](C)(C)Cc1ccc(OC)c(/C=C(/C)[N+](=O)[O-])c1. The zero-order valence-electron chi connectivity index (χ0n) is 19.9. The normalized spacial score (nSPS) is 12.2. The van der Waals surface area contributed by atoms with Crippen molar-refractivity contribution in [1.82, 2.24) is 0 Å². The van der Waals surface area contributed by atoms with Gasteiger partial charge in [-0.1, -0.05) is 58.3 Å². The van der Waals surface area contributed by atoms with Gasteiger partial charge in [0.2, 0.25) is 5.70 Å². The molecule has 0 saturated heterocycles. The number of methoxy groups -OCH3 is 1. The van der Waals surface area contributed by atoms with Crippen LogP contribution in [0.15, 0.2) is 23.9 Å². The fourth-order valence-corrected chi connectivity index (χ4v) is 3.87. The van der Waals surface area contributed by atoms with Crippen molar-refractivity contribution in [3.63, 3.8) is 0 Å². The molecule has 0 radical (unpaired) electrons. The van der Waals surface area contributed by atoms with Crippen molar-refractivity contribution in [2.45, 2.75) is 84.6 Å². The van der Waals surface area contributed by atoms with Gasteiger partial charge in [0.25, 0.3) is 0 Å². The number of ether oxygens (including phenoxy) is 1. The molecule has 0 atom stereocenters. The van der Waals surface area contributed by atoms with Gasteiger partial charge in [0, 0.05) is 24.1 Å². The molecule has 0 spiro atoms. The first-order chi connectivity index (χ1) is 14.3. The molecule has 0 aliphatic rings. The Bertz CT molecular complexity index is 668. The molecule has 30 heavy (non-hydrogen) atoms. The average molecular weight is 420 g/mol. The fourth-order valence-electron chi connectivity index (χ4n) is 3.87. The van der Waals surface area contributed by atoms with E-state index in [1.165, 1.54) is 76.7 Å². The minimum Gasteiger partial charge on any atom is -0.496 e. The summed E-state index contributed by atoms with van der Waals surface area (Å²) in [5.41, 5.74) is 2.06. The standard InChI is InChI=1S/C25H43N2O3/c1-6-7-8-9-10-11-12-13-14-15-18-27(3,4)21-23-16-17-25(30-5)24(20-23)19-22(2)26(28)29/h16-17,19-20H,6-15,18,21H2,1-5H3/q+1/b22-19-. The lowest BCUT2D eigenvalue weighted by atomic mass is 10.1. The highest BCUT2D eigenvalue weighted by Crippen LogP contribution is 2.24. The lowest BCUT2D eigenvalue weighted by Crippen LogP contribution is -2.39. The molecule has 0 amide bonds. The maximum atomic E-state index is 11.0. The molecule has 0 heterocycles. The van der Waals surface area contributed by atoms with Crippen molar-refractivity contribution < 1.29 is 14.1 Å². The minimum atomic E-state index is -0.364. The Balaban J connectivity index is 2.46. The average Bonchev–Trinajstić information content (AvgIpc) is 2.69. The maximum absolute atomic E-state index is 11.0. The summed E-state index contributed by atoms with van der Waals surface area (Å²) in [4.78, 5) is 10.6. The smallest absolute Gasteiger partial charge is 0.243 e. The molecule has 0 bridgehead atoms. The third-order valence-electron chi connectivity index (χ3n) is 5.67. The van der Waals surface area contributed by atoms with Gasteiger partial charge in [-0.15, -0.1) is 0 Å². The molecule has 5 nitrogen and oxygen atoms in total. The molecule has 0 unspecified atom stereocenters. The number of unbranched alkanes of at least 4 members (excludes halogenated alkanes) is 9. The summed E-state index contributed by atoms with van der Waals surface area (Å²) in [6.07, 6.45) is 15.1. The summed E-state index contributed by atoms with van der Waals surface area (Å²) < 4.78 is 6.30. The first-order valence-electron chi connectivity index (χ1n) is 11.6. The van der Waals surface area contributed by atoms with Crippen molar-refractivity contribution >= 4 is 6.08 Å². The molecule has 0 aliphatic heterocycles. The first-order valence-corrected chi connectivity index (χ1v) is 11.6. The van der Waals surface area contributed by atoms with Gasteiger partial charge < -0.3 is 9.22 Å². The fraction of sp³-hybridized carbons (Fsp3) is 0.680. The Labute approximate surface area is 183 Å². The zero-order chi connectivity index (χ0) is 22.4. The van der Waals surface area contributed by atoms with E-state index in [-0.39, 0.29) is 10.6 Å². The zero-order valence-corrected chi connectivity index (χ0v) is 19.9. The van der Waals surface area contributed by atoms with Crippen LogP contribution in [0.25, 0.3) is 6.08 Å². The molecule has 1 aromatic carbocycles. The number of quaternary nitrogens is 1. The molecule has 1 aromatic rings. The summed E-state index contributed by atoms with van der Waals surface area (Å²) >= 11 is 0. The van der Waals surface area contributed by atoms with Gasteiger partial charge in [0.1, 0.15) is 12.3 Å². The van der Waals surface area contributed by atoms with Gasteiger partial charge in [-0.3, -0.25) is 10.1 Å². The van der Waals surface area contributed by atoms with Gasteiger partial charge in [-0.2, -0.15) is 0 Å². The summed E-state index contributed by atoms with van der Waals surface area (Å²) in [6.45, 7) is 5.82. The Kier molecular flexibility index (Phi) is 12.4. The number of hydrogen-bond donors (Lipinski definition) is 0. The highest BCUT2D eigenvalue weighted by atomic mass is 16.6. The van der Waals surface area contributed by atoms with E-state index >= 15 is 0 Å². The number of nitro groups is 1. The van der Waals surface area contributed by atoms with Crippen molar-refractivity contribution in [1.29, 1.82) is 0 Å².